The maximum atomic E-state index is 12.3. The fraction of sp³-hybridized carbons (Fsp3) is 0.300. The molecular formula is C20H23N3O3. The number of hydrogen-bond acceptors (Lipinski definition) is 3. The summed E-state index contributed by atoms with van der Waals surface area (Å²) >= 11 is 0. The maximum absolute atomic E-state index is 12.3. The Morgan fingerprint density at radius 1 is 1.08 bits per heavy atom. The first-order valence-corrected chi connectivity index (χ1v) is 8.68. The lowest BCUT2D eigenvalue weighted by Gasteiger charge is -2.18. The van der Waals surface area contributed by atoms with E-state index in [1.807, 2.05) is 38.1 Å². The molecule has 2 aromatic carbocycles. The van der Waals surface area contributed by atoms with E-state index in [1.54, 1.807) is 24.3 Å². The normalized spacial score (nSPS) is 18.3. The SMILES string of the molecule is CC(C)NC(=O)c1ccc(NC(=O)N[C@H]2c3ccccc3C[C@H]2O)cc1. The molecule has 0 saturated carbocycles. The summed E-state index contributed by atoms with van der Waals surface area (Å²) in [6.07, 6.45) is -0.110. The number of aliphatic hydroxyl groups excluding tert-OH is 1. The summed E-state index contributed by atoms with van der Waals surface area (Å²) in [7, 11) is 0. The van der Waals surface area contributed by atoms with Crippen molar-refractivity contribution in [2.75, 3.05) is 5.32 Å². The van der Waals surface area contributed by atoms with Gasteiger partial charge in [-0.15, -0.1) is 0 Å². The summed E-state index contributed by atoms with van der Waals surface area (Å²) in [4.78, 5) is 24.2. The summed E-state index contributed by atoms with van der Waals surface area (Å²) in [5.41, 5.74) is 3.09. The molecular weight excluding hydrogens is 330 g/mol. The lowest BCUT2D eigenvalue weighted by atomic mass is 10.1. The molecule has 0 unspecified atom stereocenters. The van der Waals surface area contributed by atoms with Crippen molar-refractivity contribution in [3.63, 3.8) is 0 Å². The number of carbonyl (C=O) groups excluding carboxylic acids is 2. The van der Waals surface area contributed by atoms with Crippen LogP contribution in [0.3, 0.4) is 0 Å². The Bertz CT molecular complexity index is 802. The van der Waals surface area contributed by atoms with Gasteiger partial charge in [-0.1, -0.05) is 24.3 Å². The second-order valence-corrected chi connectivity index (χ2v) is 6.75. The number of hydrogen-bond donors (Lipinski definition) is 4. The molecule has 26 heavy (non-hydrogen) atoms. The van der Waals surface area contributed by atoms with E-state index in [1.165, 1.54) is 0 Å². The van der Waals surface area contributed by atoms with Crippen molar-refractivity contribution in [1.82, 2.24) is 10.6 Å². The number of benzene rings is 2. The first kappa shape index (κ1) is 17.9. The standard InChI is InChI=1S/C20H23N3O3/c1-12(2)21-19(25)13-7-9-15(10-8-13)22-20(26)23-18-16-6-4-3-5-14(16)11-17(18)24/h3-10,12,17-18,24H,11H2,1-2H3,(H,21,25)(H2,22,23,26)/t17-,18+/m1/s1. The molecule has 0 bridgehead atoms. The predicted molar refractivity (Wildman–Crippen MR) is 100 cm³/mol. The van der Waals surface area contributed by atoms with Gasteiger partial charge in [0.2, 0.25) is 0 Å². The largest absolute Gasteiger partial charge is 0.390 e. The highest BCUT2D eigenvalue weighted by atomic mass is 16.3. The molecule has 0 spiro atoms. The monoisotopic (exact) mass is 353 g/mol. The van der Waals surface area contributed by atoms with Gasteiger partial charge < -0.3 is 21.1 Å². The van der Waals surface area contributed by atoms with E-state index in [4.69, 9.17) is 0 Å². The van der Waals surface area contributed by atoms with E-state index >= 15 is 0 Å². The number of nitrogens with one attached hydrogen (secondary N) is 3. The van der Waals surface area contributed by atoms with Crippen LogP contribution in [0.4, 0.5) is 10.5 Å². The van der Waals surface area contributed by atoms with Crippen LogP contribution in [0.5, 0.6) is 0 Å². The number of aliphatic hydroxyl groups is 1. The van der Waals surface area contributed by atoms with E-state index in [-0.39, 0.29) is 11.9 Å². The van der Waals surface area contributed by atoms with E-state index in [2.05, 4.69) is 16.0 Å². The number of fused-ring (bicyclic) bond motifs is 1. The van der Waals surface area contributed by atoms with E-state index in [9.17, 15) is 14.7 Å². The number of amides is 3. The molecule has 4 N–H and O–H groups in total. The number of carbonyl (C=O) groups is 2. The molecule has 0 fully saturated rings. The quantitative estimate of drug-likeness (QED) is 0.681. The lowest BCUT2D eigenvalue weighted by molar-refractivity contribution is 0.0943. The Labute approximate surface area is 152 Å². The second kappa shape index (κ2) is 7.58. The van der Waals surface area contributed by atoms with Crippen LogP contribution < -0.4 is 16.0 Å². The fourth-order valence-corrected chi connectivity index (χ4v) is 3.11. The van der Waals surface area contributed by atoms with Gasteiger partial charge in [0.25, 0.3) is 5.91 Å². The molecule has 3 amide bonds. The number of rotatable bonds is 4. The van der Waals surface area contributed by atoms with Crippen molar-refractivity contribution in [2.45, 2.75) is 38.5 Å². The Hall–Kier alpha value is -2.86. The van der Waals surface area contributed by atoms with Gasteiger partial charge in [-0.3, -0.25) is 4.79 Å². The minimum Gasteiger partial charge on any atom is -0.390 e. The van der Waals surface area contributed by atoms with Crippen molar-refractivity contribution in [3.05, 3.63) is 65.2 Å². The molecule has 2 atom stereocenters. The van der Waals surface area contributed by atoms with E-state index in [0.717, 1.165) is 11.1 Å². The maximum Gasteiger partial charge on any atom is 0.319 e. The average molecular weight is 353 g/mol. The molecule has 136 valence electrons. The first-order chi connectivity index (χ1) is 12.4. The molecule has 3 rings (SSSR count). The molecule has 0 radical (unpaired) electrons. The molecule has 0 aliphatic heterocycles. The second-order valence-electron chi connectivity index (χ2n) is 6.75. The summed E-state index contributed by atoms with van der Waals surface area (Å²) in [5.74, 6) is -0.151. The van der Waals surface area contributed by atoms with Crippen LogP contribution in [-0.4, -0.2) is 29.2 Å². The molecule has 2 aromatic rings. The zero-order chi connectivity index (χ0) is 18.7. The van der Waals surface area contributed by atoms with Crippen molar-refractivity contribution < 1.29 is 14.7 Å². The number of urea groups is 1. The summed E-state index contributed by atoms with van der Waals surface area (Å²) in [6, 6.07) is 13.6. The average Bonchev–Trinajstić information content (AvgIpc) is 2.90. The Balaban J connectivity index is 1.61. The Kier molecular flexibility index (Phi) is 5.23. The van der Waals surface area contributed by atoms with Crippen LogP contribution in [0.25, 0.3) is 0 Å². The third-order valence-corrected chi connectivity index (χ3v) is 4.32. The zero-order valence-electron chi connectivity index (χ0n) is 14.8. The van der Waals surface area contributed by atoms with Crippen LogP contribution in [-0.2, 0) is 6.42 Å². The Morgan fingerprint density at radius 3 is 2.46 bits per heavy atom. The van der Waals surface area contributed by atoms with Crippen molar-refractivity contribution >= 4 is 17.6 Å². The molecule has 0 heterocycles. The summed E-state index contributed by atoms with van der Waals surface area (Å²) in [6.45, 7) is 3.79. The minimum absolute atomic E-state index is 0.0618. The van der Waals surface area contributed by atoms with Crippen molar-refractivity contribution in [2.24, 2.45) is 0 Å². The number of anilines is 1. The van der Waals surface area contributed by atoms with Crippen LogP contribution >= 0.6 is 0 Å². The summed E-state index contributed by atoms with van der Waals surface area (Å²) < 4.78 is 0. The highest BCUT2D eigenvalue weighted by Crippen LogP contribution is 2.31. The van der Waals surface area contributed by atoms with Gasteiger partial charge >= 0.3 is 6.03 Å². The van der Waals surface area contributed by atoms with Crippen molar-refractivity contribution in [3.8, 4) is 0 Å². The molecule has 0 aromatic heterocycles. The van der Waals surface area contributed by atoms with Crippen molar-refractivity contribution in [1.29, 1.82) is 0 Å². The van der Waals surface area contributed by atoms with Crippen LogP contribution in [0, 0.1) is 0 Å². The van der Waals surface area contributed by atoms with Gasteiger partial charge in [-0.05, 0) is 49.2 Å². The van der Waals surface area contributed by atoms with Gasteiger partial charge in [0, 0.05) is 23.7 Å². The topological polar surface area (TPSA) is 90.5 Å². The van der Waals surface area contributed by atoms with Gasteiger partial charge in [0.1, 0.15) is 0 Å². The van der Waals surface area contributed by atoms with Crippen LogP contribution in [0.2, 0.25) is 0 Å². The van der Waals surface area contributed by atoms with Crippen LogP contribution in [0.15, 0.2) is 48.5 Å². The van der Waals surface area contributed by atoms with E-state index in [0.29, 0.717) is 17.7 Å². The summed E-state index contributed by atoms with van der Waals surface area (Å²) in [5, 5.41) is 18.6. The fourth-order valence-electron chi connectivity index (χ4n) is 3.11. The molecule has 6 heteroatoms. The van der Waals surface area contributed by atoms with Gasteiger partial charge in [0.05, 0.1) is 12.1 Å². The van der Waals surface area contributed by atoms with Crippen LogP contribution in [0.1, 0.15) is 41.4 Å². The molecule has 6 nitrogen and oxygen atoms in total. The minimum atomic E-state index is -0.639. The third kappa shape index (κ3) is 4.03. The molecule has 0 saturated heterocycles. The van der Waals surface area contributed by atoms with Gasteiger partial charge in [0.15, 0.2) is 0 Å². The lowest BCUT2D eigenvalue weighted by Crippen LogP contribution is -2.36. The molecule has 1 aliphatic rings. The molecule has 1 aliphatic carbocycles. The van der Waals surface area contributed by atoms with Gasteiger partial charge in [-0.25, -0.2) is 4.79 Å². The highest BCUT2D eigenvalue weighted by molar-refractivity contribution is 5.95. The first-order valence-electron chi connectivity index (χ1n) is 8.68. The third-order valence-electron chi connectivity index (χ3n) is 4.32. The zero-order valence-corrected chi connectivity index (χ0v) is 14.8. The van der Waals surface area contributed by atoms with Gasteiger partial charge in [-0.2, -0.15) is 0 Å². The smallest absolute Gasteiger partial charge is 0.319 e. The Morgan fingerprint density at radius 2 is 1.77 bits per heavy atom. The predicted octanol–water partition coefficient (Wildman–Crippen LogP) is 2.60. The highest BCUT2D eigenvalue weighted by Gasteiger charge is 2.31. The van der Waals surface area contributed by atoms with E-state index < -0.39 is 18.2 Å².